The summed E-state index contributed by atoms with van der Waals surface area (Å²) in [7, 11) is 0. The average molecular weight is 290 g/mol. The van der Waals surface area contributed by atoms with Gasteiger partial charge in [-0.25, -0.2) is 0 Å². The Labute approximate surface area is 127 Å². The van der Waals surface area contributed by atoms with Crippen LogP contribution in [0.1, 0.15) is 62.5 Å². The molecule has 1 aliphatic heterocycles. The van der Waals surface area contributed by atoms with E-state index < -0.39 is 0 Å². The third-order valence-corrected chi connectivity index (χ3v) is 4.61. The number of ether oxygens (including phenoxy) is 1. The summed E-state index contributed by atoms with van der Waals surface area (Å²) in [6.45, 7) is 5.64. The average Bonchev–Trinajstić information content (AvgIpc) is 3.18. The Morgan fingerprint density at radius 3 is 2.76 bits per heavy atom. The van der Waals surface area contributed by atoms with Gasteiger partial charge in [0, 0.05) is 25.3 Å². The molecule has 0 bridgehead atoms. The van der Waals surface area contributed by atoms with Crippen LogP contribution in [0.5, 0.6) is 0 Å². The monoisotopic (exact) mass is 290 g/mol. The second-order valence-corrected chi connectivity index (χ2v) is 6.59. The Kier molecular flexibility index (Phi) is 4.34. The van der Waals surface area contributed by atoms with Gasteiger partial charge in [0.25, 0.3) is 5.91 Å². The molecule has 2 heterocycles. The zero-order valence-corrected chi connectivity index (χ0v) is 13.1. The first kappa shape index (κ1) is 14.6. The van der Waals surface area contributed by atoms with Crippen molar-refractivity contribution in [2.75, 3.05) is 13.1 Å². The van der Waals surface area contributed by atoms with E-state index in [2.05, 4.69) is 24.6 Å². The van der Waals surface area contributed by atoms with Crippen LogP contribution in [0.15, 0.2) is 18.3 Å². The van der Waals surface area contributed by atoms with Crippen molar-refractivity contribution in [1.29, 1.82) is 0 Å². The molecule has 3 rings (SSSR count). The van der Waals surface area contributed by atoms with Crippen LogP contribution in [0.4, 0.5) is 0 Å². The summed E-state index contributed by atoms with van der Waals surface area (Å²) in [5, 5.41) is 0. The predicted octanol–water partition coefficient (Wildman–Crippen LogP) is 3.24. The van der Waals surface area contributed by atoms with Gasteiger partial charge in [0.15, 0.2) is 0 Å². The standard InChI is InChI=1S/C17H26N2O2/c1-13(2)21-15-9-11-18(12-15)17(20)16-8-5-10-19(16)14-6-3-4-7-14/h5,8,10,13-15H,3-4,6-7,9,11-12H2,1-2H3/t15-/m1/s1. The summed E-state index contributed by atoms with van der Waals surface area (Å²) >= 11 is 0. The van der Waals surface area contributed by atoms with E-state index in [1.807, 2.05) is 17.0 Å². The highest BCUT2D eigenvalue weighted by Gasteiger charge is 2.30. The van der Waals surface area contributed by atoms with Crippen molar-refractivity contribution in [1.82, 2.24) is 9.47 Å². The zero-order valence-electron chi connectivity index (χ0n) is 13.1. The minimum Gasteiger partial charge on any atom is -0.374 e. The van der Waals surface area contributed by atoms with Crippen LogP contribution >= 0.6 is 0 Å². The summed E-state index contributed by atoms with van der Waals surface area (Å²) in [6.07, 6.45) is 8.42. The van der Waals surface area contributed by atoms with E-state index in [9.17, 15) is 4.79 Å². The normalized spacial score (nSPS) is 23.4. The lowest BCUT2D eigenvalue weighted by Gasteiger charge is -2.21. The number of carbonyl (C=O) groups is 1. The maximum atomic E-state index is 12.8. The van der Waals surface area contributed by atoms with Gasteiger partial charge < -0.3 is 14.2 Å². The van der Waals surface area contributed by atoms with Crippen molar-refractivity contribution in [3.05, 3.63) is 24.0 Å². The number of carbonyl (C=O) groups excluding carboxylic acids is 1. The van der Waals surface area contributed by atoms with E-state index in [0.717, 1.165) is 25.2 Å². The molecule has 4 heteroatoms. The Hall–Kier alpha value is -1.29. The van der Waals surface area contributed by atoms with Gasteiger partial charge in [-0.1, -0.05) is 12.8 Å². The van der Waals surface area contributed by atoms with E-state index in [1.165, 1.54) is 25.7 Å². The summed E-state index contributed by atoms with van der Waals surface area (Å²) < 4.78 is 8.04. The molecule has 1 saturated carbocycles. The van der Waals surface area contributed by atoms with Crippen molar-refractivity contribution >= 4 is 5.91 Å². The van der Waals surface area contributed by atoms with Crippen LogP contribution in [0, 0.1) is 0 Å². The molecule has 0 aromatic carbocycles. The molecular weight excluding hydrogens is 264 g/mol. The van der Waals surface area contributed by atoms with Crippen LogP contribution in [0.25, 0.3) is 0 Å². The highest BCUT2D eigenvalue weighted by Crippen LogP contribution is 2.31. The van der Waals surface area contributed by atoms with Crippen LogP contribution in [0.2, 0.25) is 0 Å². The topological polar surface area (TPSA) is 34.5 Å². The third-order valence-electron chi connectivity index (χ3n) is 4.61. The molecule has 0 radical (unpaired) electrons. The minimum absolute atomic E-state index is 0.168. The molecule has 1 saturated heterocycles. The Morgan fingerprint density at radius 2 is 2.05 bits per heavy atom. The fourth-order valence-electron chi connectivity index (χ4n) is 3.65. The molecule has 0 unspecified atom stereocenters. The van der Waals surface area contributed by atoms with E-state index in [0.29, 0.717) is 6.04 Å². The Bertz CT molecular complexity index is 489. The SMILES string of the molecule is CC(C)O[C@@H]1CCN(C(=O)c2cccn2C2CCCC2)C1. The number of hydrogen-bond acceptors (Lipinski definition) is 2. The summed E-state index contributed by atoms with van der Waals surface area (Å²) in [4.78, 5) is 14.7. The van der Waals surface area contributed by atoms with E-state index in [4.69, 9.17) is 4.74 Å². The first-order valence-electron chi connectivity index (χ1n) is 8.26. The van der Waals surface area contributed by atoms with Crippen molar-refractivity contribution in [3.8, 4) is 0 Å². The van der Waals surface area contributed by atoms with Crippen molar-refractivity contribution in [2.45, 2.75) is 64.2 Å². The number of nitrogens with zero attached hydrogens (tertiary/aromatic N) is 2. The number of amides is 1. The Balaban J connectivity index is 1.67. The van der Waals surface area contributed by atoms with Crippen molar-refractivity contribution in [3.63, 3.8) is 0 Å². The van der Waals surface area contributed by atoms with Gasteiger partial charge >= 0.3 is 0 Å². The van der Waals surface area contributed by atoms with Gasteiger partial charge in [0.05, 0.1) is 12.2 Å². The van der Waals surface area contributed by atoms with Gasteiger partial charge in [0.2, 0.25) is 0 Å². The van der Waals surface area contributed by atoms with Crippen LogP contribution in [-0.2, 0) is 4.74 Å². The van der Waals surface area contributed by atoms with Gasteiger partial charge in [-0.05, 0) is 45.2 Å². The van der Waals surface area contributed by atoms with Crippen LogP contribution in [0.3, 0.4) is 0 Å². The van der Waals surface area contributed by atoms with E-state index in [-0.39, 0.29) is 18.1 Å². The highest BCUT2D eigenvalue weighted by atomic mass is 16.5. The maximum absolute atomic E-state index is 12.8. The molecule has 0 spiro atoms. The fraction of sp³-hybridized carbons (Fsp3) is 0.706. The molecule has 1 aliphatic carbocycles. The van der Waals surface area contributed by atoms with Crippen molar-refractivity contribution < 1.29 is 9.53 Å². The molecule has 0 N–H and O–H groups in total. The van der Waals surface area contributed by atoms with E-state index >= 15 is 0 Å². The molecule has 116 valence electrons. The first-order valence-corrected chi connectivity index (χ1v) is 8.26. The quantitative estimate of drug-likeness (QED) is 0.853. The molecule has 1 amide bonds. The highest BCUT2D eigenvalue weighted by molar-refractivity contribution is 5.93. The largest absolute Gasteiger partial charge is 0.374 e. The predicted molar refractivity (Wildman–Crippen MR) is 82.5 cm³/mol. The van der Waals surface area contributed by atoms with Crippen LogP contribution in [-0.4, -0.2) is 40.7 Å². The van der Waals surface area contributed by atoms with Gasteiger partial charge in [-0.15, -0.1) is 0 Å². The third kappa shape index (κ3) is 3.15. The minimum atomic E-state index is 0.168. The molecule has 2 aliphatic rings. The summed E-state index contributed by atoms with van der Waals surface area (Å²) in [5.41, 5.74) is 0.854. The summed E-state index contributed by atoms with van der Waals surface area (Å²) in [5.74, 6) is 0.168. The molecule has 1 atom stereocenters. The molecule has 1 aromatic heterocycles. The second-order valence-electron chi connectivity index (χ2n) is 6.59. The smallest absolute Gasteiger partial charge is 0.270 e. The molecular formula is C17H26N2O2. The van der Waals surface area contributed by atoms with Crippen LogP contribution < -0.4 is 0 Å². The fourth-order valence-corrected chi connectivity index (χ4v) is 3.65. The summed E-state index contributed by atoms with van der Waals surface area (Å²) in [6, 6.07) is 4.49. The van der Waals surface area contributed by atoms with Gasteiger partial charge in [-0.2, -0.15) is 0 Å². The van der Waals surface area contributed by atoms with E-state index in [1.54, 1.807) is 0 Å². The molecule has 21 heavy (non-hydrogen) atoms. The maximum Gasteiger partial charge on any atom is 0.270 e. The lowest BCUT2D eigenvalue weighted by molar-refractivity contribution is 0.0138. The number of rotatable bonds is 4. The van der Waals surface area contributed by atoms with Gasteiger partial charge in [-0.3, -0.25) is 4.79 Å². The number of likely N-dealkylation sites (tertiary alicyclic amines) is 1. The Morgan fingerprint density at radius 1 is 1.29 bits per heavy atom. The number of hydrogen-bond donors (Lipinski definition) is 0. The second kappa shape index (κ2) is 6.22. The zero-order chi connectivity index (χ0) is 14.8. The first-order chi connectivity index (χ1) is 10.1. The van der Waals surface area contributed by atoms with Crippen molar-refractivity contribution in [2.24, 2.45) is 0 Å². The lowest BCUT2D eigenvalue weighted by atomic mass is 10.2. The lowest BCUT2D eigenvalue weighted by Crippen LogP contribution is -2.32. The molecule has 2 fully saturated rings. The molecule has 1 aromatic rings. The molecule has 4 nitrogen and oxygen atoms in total. The van der Waals surface area contributed by atoms with Gasteiger partial charge in [0.1, 0.15) is 5.69 Å². The number of aromatic nitrogens is 1.